The van der Waals surface area contributed by atoms with Gasteiger partial charge in [-0.15, -0.1) is 0 Å². The van der Waals surface area contributed by atoms with Gasteiger partial charge in [0, 0.05) is 0 Å². The van der Waals surface area contributed by atoms with Crippen LogP contribution in [0.25, 0.3) is 0 Å². The van der Waals surface area contributed by atoms with E-state index in [9.17, 15) is 9.59 Å². The average Bonchev–Trinajstić information content (AvgIpc) is 2.40. The molecule has 0 aromatic heterocycles. The maximum absolute atomic E-state index is 12.5. The standard InChI is InChI=1S/C16H22N2O2/c1-10(2)15-16(20)18(9-14(19)17-15)12(4)13-8-6-5-7-11(13)3/h5-8,10,12,15H,9H2,1-4H3,(H,17,19). The number of nitrogens with zero attached hydrogens (tertiary/aromatic N) is 1. The smallest absolute Gasteiger partial charge is 0.246 e. The van der Waals surface area contributed by atoms with Gasteiger partial charge in [-0.2, -0.15) is 0 Å². The molecule has 4 heteroatoms. The lowest BCUT2D eigenvalue weighted by Crippen LogP contribution is -2.60. The Labute approximate surface area is 120 Å². The van der Waals surface area contributed by atoms with Crippen LogP contribution in [0.4, 0.5) is 0 Å². The Bertz CT molecular complexity index is 525. The van der Waals surface area contributed by atoms with Crippen LogP contribution in [0.2, 0.25) is 0 Å². The van der Waals surface area contributed by atoms with Crippen molar-refractivity contribution < 1.29 is 9.59 Å². The predicted octanol–water partition coefficient (Wildman–Crippen LogP) is 2.04. The fourth-order valence-corrected chi connectivity index (χ4v) is 2.70. The minimum atomic E-state index is -0.414. The fourth-order valence-electron chi connectivity index (χ4n) is 2.70. The van der Waals surface area contributed by atoms with Crippen LogP contribution in [0, 0.1) is 12.8 Å². The molecule has 108 valence electrons. The van der Waals surface area contributed by atoms with E-state index in [1.165, 1.54) is 0 Å². The number of carbonyl (C=O) groups is 2. The maximum atomic E-state index is 12.5. The molecule has 1 aliphatic heterocycles. The molecule has 1 aliphatic rings. The molecular formula is C16H22N2O2. The van der Waals surface area contributed by atoms with Crippen LogP contribution in [-0.4, -0.2) is 29.3 Å². The van der Waals surface area contributed by atoms with E-state index in [4.69, 9.17) is 0 Å². The highest BCUT2D eigenvalue weighted by atomic mass is 16.2. The minimum absolute atomic E-state index is 0.00959. The summed E-state index contributed by atoms with van der Waals surface area (Å²) in [5.41, 5.74) is 2.23. The maximum Gasteiger partial charge on any atom is 0.246 e. The van der Waals surface area contributed by atoms with Gasteiger partial charge in [0.05, 0.1) is 6.04 Å². The van der Waals surface area contributed by atoms with Crippen LogP contribution in [-0.2, 0) is 9.59 Å². The molecule has 1 N–H and O–H groups in total. The fraction of sp³-hybridized carbons (Fsp3) is 0.500. The topological polar surface area (TPSA) is 49.4 Å². The van der Waals surface area contributed by atoms with Crippen LogP contribution >= 0.6 is 0 Å². The van der Waals surface area contributed by atoms with Crippen molar-refractivity contribution in [3.8, 4) is 0 Å². The molecule has 0 radical (unpaired) electrons. The van der Waals surface area contributed by atoms with Gasteiger partial charge in [0.25, 0.3) is 0 Å². The van der Waals surface area contributed by atoms with Crippen LogP contribution in [0.5, 0.6) is 0 Å². The van der Waals surface area contributed by atoms with Crippen molar-refractivity contribution in [2.24, 2.45) is 5.92 Å². The lowest BCUT2D eigenvalue weighted by Gasteiger charge is -2.38. The number of rotatable bonds is 3. The quantitative estimate of drug-likeness (QED) is 0.917. The van der Waals surface area contributed by atoms with Gasteiger partial charge >= 0.3 is 0 Å². The molecule has 0 aliphatic carbocycles. The Morgan fingerprint density at radius 3 is 2.45 bits per heavy atom. The SMILES string of the molecule is Cc1ccccc1C(C)N1CC(=O)NC(C(C)C)C1=O. The molecule has 1 heterocycles. The molecule has 1 saturated heterocycles. The van der Waals surface area contributed by atoms with E-state index in [1.807, 2.05) is 52.0 Å². The monoisotopic (exact) mass is 274 g/mol. The summed E-state index contributed by atoms with van der Waals surface area (Å²) in [6.45, 7) is 8.05. The molecule has 4 nitrogen and oxygen atoms in total. The Hall–Kier alpha value is -1.84. The summed E-state index contributed by atoms with van der Waals surface area (Å²) >= 11 is 0. The summed E-state index contributed by atoms with van der Waals surface area (Å²) in [5.74, 6) is 0.0254. The third-order valence-electron chi connectivity index (χ3n) is 3.95. The van der Waals surface area contributed by atoms with E-state index in [0.29, 0.717) is 0 Å². The summed E-state index contributed by atoms with van der Waals surface area (Å²) in [6, 6.07) is 7.49. The summed E-state index contributed by atoms with van der Waals surface area (Å²) < 4.78 is 0. The van der Waals surface area contributed by atoms with Crippen molar-refractivity contribution in [1.82, 2.24) is 10.2 Å². The second-order valence-electron chi connectivity index (χ2n) is 5.79. The van der Waals surface area contributed by atoms with E-state index < -0.39 is 6.04 Å². The van der Waals surface area contributed by atoms with Gasteiger partial charge in [0.2, 0.25) is 11.8 Å². The molecule has 2 unspecified atom stereocenters. The largest absolute Gasteiger partial charge is 0.343 e. The van der Waals surface area contributed by atoms with Crippen LogP contribution in [0.3, 0.4) is 0 Å². The zero-order valence-corrected chi connectivity index (χ0v) is 12.5. The van der Waals surface area contributed by atoms with Crippen molar-refractivity contribution in [2.75, 3.05) is 6.54 Å². The van der Waals surface area contributed by atoms with E-state index in [0.717, 1.165) is 11.1 Å². The Kier molecular flexibility index (Phi) is 4.12. The zero-order chi connectivity index (χ0) is 14.9. The second kappa shape index (κ2) is 5.65. The molecule has 0 bridgehead atoms. The highest BCUT2D eigenvalue weighted by molar-refractivity contribution is 5.95. The van der Waals surface area contributed by atoms with Gasteiger partial charge in [-0.05, 0) is 30.9 Å². The molecular weight excluding hydrogens is 252 g/mol. The molecule has 1 fully saturated rings. The van der Waals surface area contributed by atoms with Gasteiger partial charge in [-0.3, -0.25) is 9.59 Å². The molecule has 2 rings (SSSR count). The highest BCUT2D eigenvalue weighted by Gasteiger charge is 2.37. The summed E-state index contributed by atoms with van der Waals surface area (Å²) in [7, 11) is 0. The summed E-state index contributed by atoms with van der Waals surface area (Å²) in [6.07, 6.45) is 0. The van der Waals surface area contributed by atoms with E-state index >= 15 is 0 Å². The summed E-state index contributed by atoms with van der Waals surface area (Å²) in [4.78, 5) is 26.1. The van der Waals surface area contributed by atoms with Gasteiger partial charge in [-0.25, -0.2) is 0 Å². The van der Waals surface area contributed by atoms with Crippen molar-refractivity contribution >= 4 is 11.8 Å². The first-order valence-corrected chi connectivity index (χ1v) is 7.07. The van der Waals surface area contributed by atoms with Crippen LogP contribution in [0.1, 0.15) is 37.9 Å². The summed E-state index contributed by atoms with van der Waals surface area (Å²) in [5, 5.41) is 2.79. The Balaban J connectivity index is 2.29. The number of amides is 2. The number of nitrogens with one attached hydrogen (secondary N) is 1. The van der Waals surface area contributed by atoms with E-state index in [2.05, 4.69) is 5.32 Å². The van der Waals surface area contributed by atoms with Crippen molar-refractivity contribution in [3.63, 3.8) is 0 Å². The van der Waals surface area contributed by atoms with Gasteiger partial charge in [0.1, 0.15) is 12.6 Å². The minimum Gasteiger partial charge on any atom is -0.343 e. The van der Waals surface area contributed by atoms with Crippen LogP contribution in [0.15, 0.2) is 24.3 Å². The van der Waals surface area contributed by atoms with Gasteiger partial charge in [-0.1, -0.05) is 38.1 Å². The second-order valence-corrected chi connectivity index (χ2v) is 5.79. The number of benzene rings is 1. The zero-order valence-electron chi connectivity index (χ0n) is 12.5. The lowest BCUT2D eigenvalue weighted by molar-refractivity contribution is -0.147. The number of carbonyl (C=O) groups excluding carboxylic acids is 2. The molecule has 0 saturated carbocycles. The molecule has 20 heavy (non-hydrogen) atoms. The number of hydrogen-bond acceptors (Lipinski definition) is 2. The molecule has 0 spiro atoms. The van der Waals surface area contributed by atoms with Gasteiger partial charge in [0.15, 0.2) is 0 Å². The normalized spacial score (nSPS) is 21.1. The predicted molar refractivity (Wildman–Crippen MR) is 78.1 cm³/mol. The number of piperazine rings is 1. The third-order valence-corrected chi connectivity index (χ3v) is 3.95. The number of hydrogen-bond donors (Lipinski definition) is 1. The van der Waals surface area contributed by atoms with Crippen LogP contribution < -0.4 is 5.32 Å². The molecule has 1 aromatic carbocycles. The van der Waals surface area contributed by atoms with Crippen molar-refractivity contribution in [2.45, 2.75) is 39.8 Å². The third kappa shape index (κ3) is 2.69. The molecule has 2 amide bonds. The first-order valence-electron chi connectivity index (χ1n) is 7.07. The Morgan fingerprint density at radius 2 is 1.85 bits per heavy atom. The molecule has 1 aromatic rings. The van der Waals surface area contributed by atoms with E-state index in [1.54, 1.807) is 4.90 Å². The highest BCUT2D eigenvalue weighted by Crippen LogP contribution is 2.26. The lowest BCUT2D eigenvalue weighted by atomic mass is 9.96. The Morgan fingerprint density at radius 1 is 1.20 bits per heavy atom. The van der Waals surface area contributed by atoms with Crippen molar-refractivity contribution in [1.29, 1.82) is 0 Å². The first kappa shape index (κ1) is 14.6. The van der Waals surface area contributed by atoms with Gasteiger partial charge < -0.3 is 10.2 Å². The van der Waals surface area contributed by atoms with E-state index in [-0.39, 0.29) is 30.3 Å². The first-order chi connectivity index (χ1) is 9.41. The number of aryl methyl sites for hydroxylation is 1. The molecule has 2 atom stereocenters. The average molecular weight is 274 g/mol. The van der Waals surface area contributed by atoms with Crippen molar-refractivity contribution in [3.05, 3.63) is 35.4 Å².